The Labute approximate surface area is 196 Å². The molecule has 0 unspecified atom stereocenters. The monoisotopic (exact) mass is 491 g/mol. The van der Waals surface area contributed by atoms with Crippen molar-refractivity contribution in [3.63, 3.8) is 0 Å². The Kier molecular flexibility index (Phi) is 6.44. The summed E-state index contributed by atoms with van der Waals surface area (Å²) >= 11 is 0. The lowest BCUT2D eigenvalue weighted by Crippen LogP contribution is -2.51. The van der Waals surface area contributed by atoms with Gasteiger partial charge in [-0.2, -0.15) is 14.0 Å². The lowest BCUT2D eigenvalue weighted by Gasteiger charge is -2.30. The fraction of sp³-hybridized carbons (Fsp3) is 0.417. The maximum atomic E-state index is 15.6. The number of likely N-dealkylation sites (tertiary alicyclic amines) is 1. The molecule has 3 atom stereocenters. The van der Waals surface area contributed by atoms with E-state index in [-0.39, 0.29) is 18.5 Å². The highest BCUT2D eigenvalue weighted by Crippen LogP contribution is 2.56. The lowest BCUT2D eigenvalue weighted by molar-refractivity contribution is -0.134. The summed E-state index contributed by atoms with van der Waals surface area (Å²) in [6, 6.07) is 13.6. The third kappa shape index (κ3) is 4.42. The van der Waals surface area contributed by atoms with E-state index in [0.29, 0.717) is 24.0 Å². The highest BCUT2D eigenvalue weighted by Gasteiger charge is 2.62. The summed E-state index contributed by atoms with van der Waals surface area (Å²) in [7, 11) is -4.95. The van der Waals surface area contributed by atoms with Crippen LogP contribution in [0.3, 0.4) is 0 Å². The molecule has 4 rings (SSSR count). The second-order valence-corrected chi connectivity index (χ2v) is 10.7. The van der Waals surface area contributed by atoms with Crippen molar-refractivity contribution >= 4 is 15.9 Å². The smallest absolute Gasteiger partial charge is 0.336 e. The first kappa shape index (κ1) is 24.2. The molecular weight excluding hydrogens is 467 g/mol. The van der Waals surface area contributed by atoms with Crippen LogP contribution in [0.15, 0.2) is 48.5 Å². The average molecular weight is 492 g/mol. The summed E-state index contributed by atoms with van der Waals surface area (Å²) in [5.41, 5.74) is 0.510. The van der Waals surface area contributed by atoms with Gasteiger partial charge in [-0.3, -0.25) is 4.79 Å². The van der Waals surface area contributed by atoms with Crippen LogP contribution in [-0.4, -0.2) is 43.6 Å². The number of hydrogen-bond acceptors (Lipinski definition) is 4. The first-order valence-corrected chi connectivity index (χ1v) is 12.5. The van der Waals surface area contributed by atoms with E-state index < -0.39 is 50.9 Å². The van der Waals surface area contributed by atoms with Crippen LogP contribution in [0.1, 0.15) is 25.3 Å². The summed E-state index contributed by atoms with van der Waals surface area (Å²) < 4.78 is 68.2. The number of rotatable bonds is 7. The van der Waals surface area contributed by atoms with Crippen LogP contribution in [-0.2, 0) is 21.2 Å². The Morgan fingerprint density at radius 3 is 2.47 bits per heavy atom. The molecule has 1 spiro atoms. The molecule has 2 aromatic carbocycles. The molecule has 1 N–H and O–H groups in total. The van der Waals surface area contributed by atoms with Crippen LogP contribution in [0.4, 0.5) is 13.2 Å². The zero-order valence-corrected chi connectivity index (χ0v) is 19.2. The molecule has 0 bridgehead atoms. The van der Waals surface area contributed by atoms with Gasteiger partial charge < -0.3 is 4.90 Å². The van der Waals surface area contributed by atoms with Gasteiger partial charge >= 0.3 is 5.76 Å². The molecule has 1 heterocycles. The van der Waals surface area contributed by atoms with E-state index in [9.17, 15) is 27.3 Å². The Morgan fingerprint density at radius 1 is 1.21 bits per heavy atom. The van der Waals surface area contributed by atoms with Crippen LogP contribution < -0.4 is 4.72 Å². The van der Waals surface area contributed by atoms with E-state index in [1.54, 1.807) is 42.5 Å². The molecule has 1 amide bonds. The Hall–Kier alpha value is -2.90. The summed E-state index contributed by atoms with van der Waals surface area (Å²) in [5, 5.41) is 9.25. The summed E-state index contributed by atoms with van der Waals surface area (Å²) in [6.07, 6.45) is 0.989. The number of halogens is 3. The number of nitriles is 1. The molecule has 0 radical (unpaired) electrons. The van der Waals surface area contributed by atoms with Gasteiger partial charge in [0.05, 0.1) is 12.1 Å². The molecule has 10 heteroatoms. The number of alkyl halides is 2. The highest BCUT2D eigenvalue weighted by molar-refractivity contribution is 7.89. The fourth-order valence-corrected chi connectivity index (χ4v) is 5.65. The number of sulfonamides is 1. The molecular formula is C24H24F3N3O3S. The van der Waals surface area contributed by atoms with Crippen molar-refractivity contribution in [1.82, 2.24) is 9.62 Å². The van der Waals surface area contributed by atoms with E-state index in [0.717, 1.165) is 0 Å². The lowest BCUT2D eigenvalue weighted by atomic mass is 9.91. The molecule has 2 aliphatic rings. The Bertz CT molecular complexity index is 1230. The van der Waals surface area contributed by atoms with E-state index in [1.165, 1.54) is 17.9 Å². The van der Waals surface area contributed by atoms with Gasteiger partial charge in [0.25, 0.3) is 10.0 Å². The standard InChI is InChI=1S/C24H24F3N3O3S/c1-15(13-28)22(31)30-14-24(10-11-24)21(29-34(32,33)23(26)27)19(30)12-17-8-5-9-18(20(17)25)16-6-3-2-4-7-16/h2-9,15,19,21,23,29H,10-12,14H2,1H3/t15-,19-,21+/m0/s1. The van der Waals surface area contributed by atoms with E-state index in [2.05, 4.69) is 4.72 Å². The minimum Gasteiger partial charge on any atom is -0.336 e. The number of nitrogens with one attached hydrogen (secondary N) is 1. The molecule has 1 saturated heterocycles. The molecule has 2 fully saturated rings. The maximum Gasteiger partial charge on any atom is 0.350 e. The van der Waals surface area contributed by atoms with E-state index >= 15 is 4.39 Å². The van der Waals surface area contributed by atoms with Crippen molar-refractivity contribution < 1.29 is 26.4 Å². The number of benzene rings is 2. The van der Waals surface area contributed by atoms with Crippen molar-refractivity contribution in [3.05, 3.63) is 59.9 Å². The zero-order chi connectivity index (χ0) is 24.7. The second-order valence-electron chi connectivity index (χ2n) is 9.00. The summed E-state index contributed by atoms with van der Waals surface area (Å²) in [4.78, 5) is 14.4. The molecule has 2 aromatic rings. The van der Waals surface area contributed by atoms with Crippen LogP contribution in [0.5, 0.6) is 0 Å². The van der Waals surface area contributed by atoms with Crippen LogP contribution in [0.25, 0.3) is 11.1 Å². The van der Waals surface area contributed by atoms with Crippen molar-refractivity contribution in [1.29, 1.82) is 5.26 Å². The number of carbonyl (C=O) groups excluding carboxylic acids is 1. The van der Waals surface area contributed by atoms with Crippen molar-refractivity contribution in [2.24, 2.45) is 11.3 Å². The minimum atomic E-state index is -4.95. The highest BCUT2D eigenvalue weighted by atomic mass is 32.2. The number of carbonyl (C=O) groups is 1. The van der Waals surface area contributed by atoms with Crippen molar-refractivity contribution in [2.45, 2.75) is 44.0 Å². The van der Waals surface area contributed by atoms with Gasteiger partial charge in [0.15, 0.2) is 0 Å². The van der Waals surface area contributed by atoms with Gasteiger partial charge in [0.1, 0.15) is 11.7 Å². The minimum absolute atomic E-state index is 0.0887. The predicted molar refractivity (Wildman–Crippen MR) is 119 cm³/mol. The topological polar surface area (TPSA) is 90.3 Å². The van der Waals surface area contributed by atoms with E-state index in [4.69, 9.17) is 0 Å². The third-order valence-electron chi connectivity index (χ3n) is 6.79. The summed E-state index contributed by atoms with van der Waals surface area (Å²) in [6.45, 7) is 1.55. The largest absolute Gasteiger partial charge is 0.350 e. The quantitative estimate of drug-likeness (QED) is 0.640. The van der Waals surface area contributed by atoms with Crippen LogP contribution in [0, 0.1) is 28.5 Å². The predicted octanol–water partition coefficient (Wildman–Crippen LogP) is 3.70. The Balaban J connectivity index is 1.74. The first-order valence-electron chi connectivity index (χ1n) is 10.9. The molecule has 1 aliphatic heterocycles. The molecule has 6 nitrogen and oxygen atoms in total. The van der Waals surface area contributed by atoms with Crippen molar-refractivity contribution in [2.75, 3.05) is 6.54 Å². The van der Waals surface area contributed by atoms with Gasteiger partial charge in [-0.1, -0.05) is 48.5 Å². The molecule has 1 saturated carbocycles. The van der Waals surface area contributed by atoms with Gasteiger partial charge in [-0.15, -0.1) is 0 Å². The van der Waals surface area contributed by atoms with Gasteiger partial charge in [0, 0.05) is 23.6 Å². The molecule has 34 heavy (non-hydrogen) atoms. The average Bonchev–Trinajstić information content (AvgIpc) is 3.55. The van der Waals surface area contributed by atoms with Gasteiger partial charge in [-0.25, -0.2) is 17.5 Å². The fourth-order valence-electron chi connectivity index (χ4n) is 4.78. The molecule has 180 valence electrons. The van der Waals surface area contributed by atoms with Gasteiger partial charge in [-0.05, 0) is 37.3 Å². The van der Waals surface area contributed by atoms with Crippen molar-refractivity contribution in [3.8, 4) is 17.2 Å². The third-order valence-corrected chi connectivity index (χ3v) is 7.84. The second kappa shape index (κ2) is 9.04. The van der Waals surface area contributed by atoms with Crippen LogP contribution >= 0.6 is 0 Å². The zero-order valence-electron chi connectivity index (χ0n) is 18.4. The van der Waals surface area contributed by atoms with E-state index in [1.807, 2.05) is 6.07 Å². The Morgan fingerprint density at radius 2 is 1.88 bits per heavy atom. The summed E-state index contributed by atoms with van der Waals surface area (Å²) in [5.74, 6) is -5.70. The maximum absolute atomic E-state index is 15.6. The number of amides is 1. The first-order chi connectivity index (χ1) is 16.1. The van der Waals surface area contributed by atoms with Crippen LogP contribution in [0.2, 0.25) is 0 Å². The van der Waals surface area contributed by atoms with Gasteiger partial charge in [0.2, 0.25) is 5.91 Å². The molecule has 0 aromatic heterocycles. The number of hydrogen-bond donors (Lipinski definition) is 1. The molecule has 1 aliphatic carbocycles. The SMILES string of the molecule is C[C@@H](C#N)C(=O)N1CC2(CC2)[C@H](NS(=O)(=O)C(F)F)[C@@H]1Cc1cccc(-c2ccccc2)c1F. The number of nitrogens with zero attached hydrogens (tertiary/aromatic N) is 2. The normalized spacial score (nSPS) is 22.1.